The molecule has 2 saturated heterocycles. The Labute approximate surface area is 214 Å². The minimum absolute atomic E-state index is 0.00406. The van der Waals surface area contributed by atoms with Gasteiger partial charge in [0.05, 0.1) is 17.6 Å². The summed E-state index contributed by atoms with van der Waals surface area (Å²) in [6, 6.07) is 0. The molecule has 6 nitrogen and oxygen atoms in total. The number of allylic oxidation sites excluding steroid dienone is 2. The van der Waals surface area contributed by atoms with Crippen LogP contribution in [0.1, 0.15) is 87.0 Å². The fourth-order valence-electron chi connectivity index (χ4n) is 10.8. The topological polar surface area (TPSA) is 101 Å². The Morgan fingerprint density at radius 1 is 0.861 bits per heavy atom. The van der Waals surface area contributed by atoms with Gasteiger partial charge in [-0.3, -0.25) is 14.4 Å². The molecule has 1 unspecified atom stereocenters. The molecule has 6 heteroatoms. The number of hydrogen-bond acceptors (Lipinski definition) is 6. The molecule has 0 aromatic heterocycles. The number of rotatable bonds is 0. The maximum atomic E-state index is 13.9. The van der Waals surface area contributed by atoms with Gasteiger partial charge in [0.15, 0.2) is 12.1 Å². The van der Waals surface area contributed by atoms with Crippen molar-refractivity contribution in [1.29, 1.82) is 0 Å². The number of ether oxygens (including phenoxy) is 1. The zero-order valence-electron chi connectivity index (χ0n) is 22.8. The van der Waals surface area contributed by atoms with Crippen LogP contribution in [-0.2, 0) is 19.1 Å². The maximum Gasteiger partial charge on any atom is 0.168 e. The summed E-state index contributed by atoms with van der Waals surface area (Å²) in [7, 11) is 0. The quantitative estimate of drug-likeness (QED) is 0.523. The molecular weight excluding hydrogens is 456 g/mol. The average Bonchev–Trinajstić information content (AvgIpc) is 2.74. The third-order valence-corrected chi connectivity index (χ3v) is 12.6. The minimum Gasteiger partial charge on any atom is -0.393 e. The van der Waals surface area contributed by atoms with E-state index in [4.69, 9.17) is 4.74 Å². The first-order chi connectivity index (χ1) is 16.5. The highest BCUT2D eigenvalue weighted by Gasteiger charge is 2.78. The minimum atomic E-state index is -1.25. The van der Waals surface area contributed by atoms with E-state index in [-0.39, 0.29) is 53.4 Å². The van der Waals surface area contributed by atoms with Crippen molar-refractivity contribution < 1.29 is 29.3 Å². The third kappa shape index (κ3) is 2.53. The third-order valence-electron chi connectivity index (χ3n) is 12.6. The van der Waals surface area contributed by atoms with Gasteiger partial charge in [0.2, 0.25) is 0 Å². The molecule has 10 atom stereocenters. The summed E-state index contributed by atoms with van der Waals surface area (Å²) in [5.74, 6) is -0.459. The fourth-order valence-corrected chi connectivity index (χ4v) is 10.8. The standard InChI is InChI=1S/C30H42O6/c1-25(2)13-18-27(5)9-8-16-28(6,17(27)10-19(32)29(18,7)14-21(25)34)12-15(31)23-26(3,4)22-11-20(33)30(16,23)24(35)36-22/h10,15-16,18,22-24,31,35H,8-9,11-14H2,1-7H3/t15-,16-,18-,22-,23-,24?,27+,28+,29-,30+/m0/s1. The Balaban J connectivity index is 1.54. The van der Waals surface area contributed by atoms with Crippen molar-refractivity contribution in [2.75, 3.05) is 0 Å². The molecule has 5 aliphatic carbocycles. The second-order valence-corrected chi connectivity index (χ2v) is 15.1. The molecule has 0 aromatic rings. The molecule has 6 fully saturated rings. The number of carbonyl (C=O) groups is 3. The second-order valence-electron chi connectivity index (χ2n) is 15.1. The molecule has 7 rings (SSSR count). The molecule has 7 aliphatic rings. The van der Waals surface area contributed by atoms with Gasteiger partial charge in [0.1, 0.15) is 11.6 Å². The molecule has 0 radical (unpaired) electrons. The summed E-state index contributed by atoms with van der Waals surface area (Å²) >= 11 is 0. The number of aliphatic hydroxyl groups excluding tert-OH is 2. The molecule has 1 spiro atoms. The van der Waals surface area contributed by atoms with Crippen molar-refractivity contribution >= 4 is 17.3 Å². The molecule has 2 aliphatic heterocycles. The summed E-state index contributed by atoms with van der Waals surface area (Å²) in [5.41, 5.74) is -2.80. The summed E-state index contributed by atoms with van der Waals surface area (Å²) < 4.78 is 6.10. The van der Waals surface area contributed by atoms with E-state index in [0.717, 1.165) is 18.4 Å². The van der Waals surface area contributed by atoms with Crippen LogP contribution in [0.4, 0.5) is 0 Å². The van der Waals surface area contributed by atoms with Crippen LogP contribution in [0, 0.1) is 50.2 Å². The second kappa shape index (κ2) is 6.79. The molecule has 36 heavy (non-hydrogen) atoms. The van der Waals surface area contributed by atoms with Gasteiger partial charge >= 0.3 is 0 Å². The van der Waals surface area contributed by atoms with Crippen LogP contribution >= 0.6 is 0 Å². The first-order valence-corrected chi connectivity index (χ1v) is 13.8. The van der Waals surface area contributed by atoms with Crippen molar-refractivity contribution in [2.45, 2.75) is 105 Å². The van der Waals surface area contributed by atoms with Crippen molar-refractivity contribution in [1.82, 2.24) is 0 Å². The Kier molecular flexibility index (Phi) is 4.70. The molecule has 0 aromatic carbocycles. The van der Waals surface area contributed by atoms with Crippen LogP contribution in [0.2, 0.25) is 0 Å². The van der Waals surface area contributed by atoms with E-state index >= 15 is 0 Å². The van der Waals surface area contributed by atoms with E-state index in [0.29, 0.717) is 12.8 Å². The van der Waals surface area contributed by atoms with Gasteiger partial charge in [0.25, 0.3) is 0 Å². The zero-order valence-corrected chi connectivity index (χ0v) is 22.8. The highest BCUT2D eigenvalue weighted by Crippen LogP contribution is 2.75. The maximum absolute atomic E-state index is 13.9. The predicted molar refractivity (Wildman–Crippen MR) is 132 cm³/mol. The van der Waals surface area contributed by atoms with E-state index in [1.54, 1.807) is 6.08 Å². The summed E-state index contributed by atoms with van der Waals surface area (Å²) in [5, 5.41) is 23.2. The summed E-state index contributed by atoms with van der Waals surface area (Å²) in [6.45, 7) is 14.4. The Bertz CT molecular complexity index is 1120. The summed E-state index contributed by atoms with van der Waals surface area (Å²) in [6.07, 6.45) is 2.47. The van der Waals surface area contributed by atoms with Crippen molar-refractivity contribution in [3.05, 3.63) is 11.6 Å². The van der Waals surface area contributed by atoms with Crippen LogP contribution in [-0.4, -0.2) is 46.1 Å². The van der Waals surface area contributed by atoms with E-state index in [2.05, 4.69) is 27.7 Å². The molecule has 4 saturated carbocycles. The van der Waals surface area contributed by atoms with Gasteiger partial charge in [0, 0.05) is 29.6 Å². The van der Waals surface area contributed by atoms with Crippen LogP contribution in [0.3, 0.4) is 0 Å². The van der Waals surface area contributed by atoms with Crippen molar-refractivity contribution in [2.24, 2.45) is 50.2 Å². The number of Topliss-reactive ketones (excluding diaryl/α,β-unsaturated/α-hetero) is 2. The predicted octanol–water partition coefficient (Wildman–Crippen LogP) is 4.01. The highest BCUT2D eigenvalue weighted by atomic mass is 16.6. The van der Waals surface area contributed by atoms with E-state index < -0.39 is 45.6 Å². The van der Waals surface area contributed by atoms with Gasteiger partial charge in [-0.15, -0.1) is 0 Å². The lowest BCUT2D eigenvalue weighted by Crippen LogP contribution is -2.77. The van der Waals surface area contributed by atoms with Gasteiger partial charge in [-0.2, -0.15) is 0 Å². The normalized spacial score (nSPS) is 54.7. The Morgan fingerprint density at radius 3 is 2.17 bits per heavy atom. The number of fused-ring (bicyclic) bond motifs is 7. The lowest BCUT2D eigenvalue weighted by atomic mass is 9.33. The average molecular weight is 499 g/mol. The van der Waals surface area contributed by atoms with Gasteiger partial charge in [-0.05, 0) is 59.8 Å². The first-order valence-electron chi connectivity index (χ1n) is 13.8. The van der Waals surface area contributed by atoms with Crippen molar-refractivity contribution in [3.63, 3.8) is 0 Å². The lowest BCUT2D eigenvalue weighted by Gasteiger charge is -2.73. The van der Waals surface area contributed by atoms with E-state index in [1.807, 2.05) is 20.8 Å². The van der Waals surface area contributed by atoms with Crippen LogP contribution in [0.25, 0.3) is 0 Å². The van der Waals surface area contributed by atoms with Crippen LogP contribution in [0.5, 0.6) is 0 Å². The van der Waals surface area contributed by atoms with Gasteiger partial charge in [-0.25, -0.2) is 0 Å². The molecule has 2 bridgehead atoms. The monoisotopic (exact) mass is 498 g/mol. The molecular formula is C30H42O6. The molecule has 2 N–H and O–H groups in total. The van der Waals surface area contributed by atoms with Gasteiger partial charge in [-0.1, -0.05) is 54.0 Å². The SMILES string of the molecule is CC1(C)C[C@@H]2[C@](C)(CC1=O)C(=O)C=C1[C@]3(C)C[C@H](O)[C@H]4C(C)(C)[C@@H]5CC(=O)[C@]4(C(O)O5)[C@H]3CC[C@]12C. The molecule has 198 valence electrons. The largest absolute Gasteiger partial charge is 0.393 e. The number of ketones is 3. The lowest BCUT2D eigenvalue weighted by molar-refractivity contribution is -0.354. The first kappa shape index (κ1) is 24.9. The molecule has 0 amide bonds. The van der Waals surface area contributed by atoms with Gasteiger partial charge < -0.3 is 14.9 Å². The fraction of sp³-hybridized carbons (Fsp3) is 0.833. The van der Waals surface area contributed by atoms with Crippen LogP contribution in [0.15, 0.2) is 11.6 Å². The highest BCUT2D eigenvalue weighted by molar-refractivity contribution is 6.02. The smallest absolute Gasteiger partial charge is 0.168 e. The Hall–Kier alpha value is -1.37. The number of aliphatic hydroxyl groups is 2. The van der Waals surface area contributed by atoms with Crippen LogP contribution < -0.4 is 0 Å². The summed E-state index contributed by atoms with van der Waals surface area (Å²) in [4.78, 5) is 40.7. The Morgan fingerprint density at radius 2 is 1.53 bits per heavy atom. The number of carbonyl (C=O) groups excluding carboxylic acids is 3. The molecule has 2 heterocycles. The van der Waals surface area contributed by atoms with E-state index in [9.17, 15) is 24.6 Å². The zero-order chi connectivity index (χ0) is 26.4. The number of hydrogen-bond donors (Lipinski definition) is 2. The van der Waals surface area contributed by atoms with Crippen molar-refractivity contribution in [3.8, 4) is 0 Å². The van der Waals surface area contributed by atoms with E-state index in [1.165, 1.54) is 0 Å².